The van der Waals surface area contributed by atoms with Crippen LogP contribution < -0.4 is 10.9 Å². The molecule has 2 heterocycles. The molecule has 0 fully saturated rings. The number of hydrogen-bond donors (Lipinski definition) is 1. The van der Waals surface area contributed by atoms with E-state index >= 15 is 0 Å². The number of aryl methyl sites for hydroxylation is 2. The highest BCUT2D eigenvalue weighted by Crippen LogP contribution is 2.27. The Morgan fingerprint density at radius 1 is 1.16 bits per heavy atom. The highest BCUT2D eigenvalue weighted by molar-refractivity contribution is 5.73. The molecule has 0 saturated heterocycles. The third-order valence-electron chi connectivity index (χ3n) is 4.13. The number of pyridine rings is 1. The molecule has 0 saturated carbocycles. The highest BCUT2D eigenvalue weighted by Gasteiger charge is 2.17. The lowest BCUT2D eigenvalue weighted by molar-refractivity contribution is 0.617. The molecule has 0 bridgehead atoms. The number of nitrogens with zero attached hydrogens (tertiary/aromatic N) is 3. The second-order valence-electron chi connectivity index (χ2n) is 5.91. The molecule has 3 aromatic rings. The van der Waals surface area contributed by atoms with Crippen LogP contribution in [0.2, 0.25) is 0 Å². The van der Waals surface area contributed by atoms with Gasteiger partial charge in [-0.05, 0) is 38.5 Å². The van der Waals surface area contributed by atoms with Gasteiger partial charge in [0.2, 0.25) is 0 Å². The van der Waals surface area contributed by atoms with E-state index in [2.05, 4.69) is 34.5 Å². The van der Waals surface area contributed by atoms with Gasteiger partial charge in [-0.1, -0.05) is 30.7 Å². The molecule has 5 heteroatoms. The first kappa shape index (κ1) is 16.9. The zero-order chi connectivity index (χ0) is 17.8. The van der Waals surface area contributed by atoms with Crippen LogP contribution in [-0.4, -0.2) is 14.8 Å². The summed E-state index contributed by atoms with van der Waals surface area (Å²) >= 11 is 0. The lowest BCUT2D eigenvalue weighted by atomic mass is 10.0. The minimum atomic E-state index is -0.111. The zero-order valence-corrected chi connectivity index (χ0v) is 14.8. The molecular formula is C20H22N4O. The molecule has 128 valence electrons. The van der Waals surface area contributed by atoms with Gasteiger partial charge in [0, 0.05) is 23.9 Å². The Hall–Kier alpha value is -2.95. The van der Waals surface area contributed by atoms with Crippen molar-refractivity contribution in [3.05, 3.63) is 70.3 Å². The average molecular weight is 334 g/mol. The number of anilines is 2. The molecule has 0 aliphatic rings. The smallest absolute Gasteiger partial charge is 0.290 e. The van der Waals surface area contributed by atoms with Gasteiger partial charge in [0.1, 0.15) is 5.69 Å². The van der Waals surface area contributed by atoms with Gasteiger partial charge in [0.05, 0.1) is 17.6 Å². The minimum Gasteiger partial charge on any atom is -0.349 e. The Kier molecular flexibility index (Phi) is 4.93. The van der Waals surface area contributed by atoms with Crippen molar-refractivity contribution in [2.45, 2.75) is 33.7 Å². The predicted molar refractivity (Wildman–Crippen MR) is 101 cm³/mol. The van der Waals surface area contributed by atoms with Crippen LogP contribution in [-0.2, 0) is 13.0 Å². The van der Waals surface area contributed by atoms with Crippen LogP contribution in [0, 0.1) is 6.92 Å². The molecular weight excluding hydrogens is 312 g/mol. The van der Waals surface area contributed by atoms with E-state index in [0.717, 1.165) is 28.1 Å². The van der Waals surface area contributed by atoms with Crippen LogP contribution in [0.25, 0.3) is 11.3 Å². The second kappa shape index (κ2) is 7.30. The first-order valence-corrected chi connectivity index (χ1v) is 8.52. The van der Waals surface area contributed by atoms with Gasteiger partial charge < -0.3 is 5.32 Å². The van der Waals surface area contributed by atoms with Crippen LogP contribution in [0.15, 0.2) is 53.6 Å². The molecule has 1 N–H and O–H groups in total. The quantitative estimate of drug-likeness (QED) is 0.768. The van der Waals surface area contributed by atoms with Gasteiger partial charge in [0.15, 0.2) is 0 Å². The van der Waals surface area contributed by atoms with Crippen molar-refractivity contribution in [2.75, 3.05) is 5.32 Å². The van der Waals surface area contributed by atoms with Gasteiger partial charge in [-0.2, -0.15) is 5.10 Å². The van der Waals surface area contributed by atoms with Gasteiger partial charge in [-0.25, -0.2) is 4.68 Å². The van der Waals surface area contributed by atoms with Crippen molar-refractivity contribution in [1.29, 1.82) is 0 Å². The maximum Gasteiger partial charge on any atom is 0.290 e. The molecule has 0 amide bonds. The van der Waals surface area contributed by atoms with Crippen molar-refractivity contribution >= 4 is 11.4 Å². The van der Waals surface area contributed by atoms with E-state index in [4.69, 9.17) is 0 Å². The summed E-state index contributed by atoms with van der Waals surface area (Å²) in [5.41, 5.74) is 5.20. The number of rotatable bonds is 5. The van der Waals surface area contributed by atoms with Crippen LogP contribution in [0.5, 0.6) is 0 Å². The van der Waals surface area contributed by atoms with Crippen molar-refractivity contribution in [2.24, 2.45) is 0 Å². The Labute approximate surface area is 147 Å². The van der Waals surface area contributed by atoms with Crippen LogP contribution in [0.1, 0.15) is 25.0 Å². The Balaban J connectivity index is 2.22. The maximum absolute atomic E-state index is 12.9. The molecule has 0 radical (unpaired) electrons. The van der Waals surface area contributed by atoms with E-state index in [1.165, 1.54) is 4.68 Å². The SMILES string of the molecule is CCc1c(-c2cccc(C)c2)nn(CC)c(=O)c1Nc1cccnc1. The Bertz CT molecular complexity index is 932. The maximum atomic E-state index is 12.9. The fourth-order valence-corrected chi connectivity index (χ4v) is 2.90. The molecule has 2 aromatic heterocycles. The average Bonchev–Trinajstić information content (AvgIpc) is 2.64. The third-order valence-corrected chi connectivity index (χ3v) is 4.13. The van der Waals surface area contributed by atoms with Crippen LogP contribution in [0.4, 0.5) is 11.4 Å². The summed E-state index contributed by atoms with van der Waals surface area (Å²) in [6.45, 7) is 6.54. The molecule has 0 aliphatic heterocycles. The summed E-state index contributed by atoms with van der Waals surface area (Å²) in [5.74, 6) is 0. The van der Waals surface area contributed by atoms with E-state index in [0.29, 0.717) is 18.7 Å². The van der Waals surface area contributed by atoms with E-state index in [-0.39, 0.29) is 5.56 Å². The van der Waals surface area contributed by atoms with Crippen LogP contribution in [0.3, 0.4) is 0 Å². The summed E-state index contributed by atoms with van der Waals surface area (Å²) in [6.07, 6.45) is 4.13. The summed E-state index contributed by atoms with van der Waals surface area (Å²) in [4.78, 5) is 17.0. The van der Waals surface area contributed by atoms with E-state index < -0.39 is 0 Å². The van der Waals surface area contributed by atoms with Gasteiger partial charge in [-0.3, -0.25) is 9.78 Å². The molecule has 3 rings (SSSR count). The molecule has 1 aromatic carbocycles. The minimum absolute atomic E-state index is 0.111. The van der Waals surface area contributed by atoms with Crippen molar-refractivity contribution in [3.63, 3.8) is 0 Å². The molecule has 25 heavy (non-hydrogen) atoms. The lowest BCUT2D eigenvalue weighted by Crippen LogP contribution is -2.27. The standard InChI is InChI=1S/C20H22N4O/c1-4-17-18(15-9-6-8-14(3)12-15)23-24(5-2)20(25)19(17)22-16-10-7-11-21-13-16/h6-13,22H,4-5H2,1-3H3. The monoisotopic (exact) mass is 334 g/mol. The third kappa shape index (κ3) is 3.45. The van der Waals surface area contributed by atoms with Crippen molar-refractivity contribution < 1.29 is 0 Å². The Morgan fingerprint density at radius 2 is 2.00 bits per heavy atom. The highest BCUT2D eigenvalue weighted by atomic mass is 16.1. The van der Waals surface area contributed by atoms with Crippen LogP contribution >= 0.6 is 0 Å². The molecule has 0 atom stereocenters. The molecule has 0 spiro atoms. The zero-order valence-electron chi connectivity index (χ0n) is 14.8. The number of benzene rings is 1. The topological polar surface area (TPSA) is 59.8 Å². The fourth-order valence-electron chi connectivity index (χ4n) is 2.90. The molecule has 0 unspecified atom stereocenters. The second-order valence-corrected chi connectivity index (χ2v) is 5.91. The lowest BCUT2D eigenvalue weighted by Gasteiger charge is -2.17. The predicted octanol–water partition coefficient (Wildman–Crippen LogP) is 3.94. The summed E-state index contributed by atoms with van der Waals surface area (Å²) in [6, 6.07) is 11.9. The summed E-state index contributed by atoms with van der Waals surface area (Å²) in [7, 11) is 0. The number of hydrogen-bond acceptors (Lipinski definition) is 4. The van der Waals surface area contributed by atoms with E-state index in [1.54, 1.807) is 12.4 Å². The summed E-state index contributed by atoms with van der Waals surface area (Å²) in [5, 5.41) is 7.88. The van der Waals surface area contributed by atoms with E-state index in [9.17, 15) is 4.79 Å². The first-order valence-electron chi connectivity index (χ1n) is 8.52. The van der Waals surface area contributed by atoms with Gasteiger partial charge in [0.25, 0.3) is 5.56 Å². The summed E-state index contributed by atoms with van der Waals surface area (Å²) < 4.78 is 1.51. The normalized spacial score (nSPS) is 10.7. The number of nitrogens with one attached hydrogen (secondary N) is 1. The Morgan fingerprint density at radius 3 is 2.64 bits per heavy atom. The first-order chi connectivity index (χ1) is 12.1. The molecule has 5 nitrogen and oxygen atoms in total. The van der Waals surface area contributed by atoms with Crippen molar-refractivity contribution in [1.82, 2.24) is 14.8 Å². The molecule has 0 aliphatic carbocycles. The van der Waals surface area contributed by atoms with Gasteiger partial charge in [-0.15, -0.1) is 0 Å². The van der Waals surface area contributed by atoms with Gasteiger partial charge >= 0.3 is 0 Å². The largest absolute Gasteiger partial charge is 0.349 e. The van der Waals surface area contributed by atoms with Crippen molar-refractivity contribution in [3.8, 4) is 11.3 Å². The van der Waals surface area contributed by atoms with E-state index in [1.807, 2.05) is 38.1 Å². The fraction of sp³-hybridized carbons (Fsp3) is 0.250. The number of aromatic nitrogens is 3.